The van der Waals surface area contributed by atoms with E-state index in [0.29, 0.717) is 0 Å². The van der Waals surface area contributed by atoms with Crippen LogP contribution in [0.15, 0.2) is 0 Å². The first-order valence-electron chi connectivity index (χ1n) is 1.56. The van der Waals surface area contributed by atoms with Crippen LogP contribution in [0.5, 0.6) is 0 Å². The van der Waals surface area contributed by atoms with E-state index in [4.69, 9.17) is 10.2 Å². The molecule has 0 amide bonds. The van der Waals surface area contributed by atoms with Crippen molar-refractivity contribution in [2.45, 2.75) is 3.86 Å². The summed E-state index contributed by atoms with van der Waals surface area (Å²) in [6.45, 7) is -0.0456. The minimum atomic E-state index is -0.350. The molecule has 5 heavy (non-hydrogen) atoms. The van der Waals surface area contributed by atoms with Gasteiger partial charge in [-0.15, -0.1) is 0 Å². The topological polar surface area (TPSA) is 40.5 Å². The van der Waals surface area contributed by atoms with Gasteiger partial charge < -0.3 is 0 Å². The second-order valence-corrected chi connectivity index (χ2v) is 4.84. The van der Waals surface area contributed by atoms with Crippen LogP contribution in [0.3, 0.4) is 0 Å². The summed E-state index contributed by atoms with van der Waals surface area (Å²) in [5.74, 6) is 0. The molecule has 0 aromatic rings. The molecule has 1 atom stereocenters. The normalized spacial score (nSPS) is 14.8. The van der Waals surface area contributed by atoms with E-state index in [2.05, 4.69) is 0 Å². The van der Waals surface area contributed by atoms with Gasteiger partial charge in [-0.25, -0.2) is 0 Å². The Labute approximate surface area is 45.4 Å². The molecule has 2 N–H and O–H groups in total. The summed E-state index contributed by atoms with van der Waals surface area (Å²) in [5, 5.41) is 16.2. The summed E-state index contributed by atoms with van der Waals surface area (Å²) < 4.78 is -0.350. The van der Waals surface area contributed by atoms with Gasteiger partial charge in [0.1, 0.15) is 0 Å². The van der Waals surface area contributed by atoms with Gasteiger partial charge in [-0.1, -0.05) is 0 Å². The molecule has 0 aromatic carbocycles. The van der Waals surface area contributed by atoms with Crippen LogP contribution in [-0.2, 0) is 0 Å². The summed E-state index contributed by atoms with van der Waals surface area (Å²) in [4.78, 5) is 0. The van der Waals surface area contributed by atoms with E-state index < -0.39 is 0 Å². The second-order valence-electron chi connectivity index (χ2n) is 1.03. The van der Waals surface area contributed by atoms with Gasteiger partial charge in [0.15, 0.2) is 0 Å². The van der Waals surface area contributed by atoms with Gasteiger partial charge in [0.25, 0.3) is 0 Å². The van der Waals surface area contributed by atoms with Crippen LogP contribution in [-0.4, -0.2) is 45.1 Å². The van der Waals surface area contributed by atoms with E-state index in [1.807, 2.05) is 0 Å². The summed E-state index contributed by atoms with van der Waals surface area (Å²) in [7, 11) is 0. The Bertz CT molecular complexity index is 21.6. The van der Waals surface area contributed by atoms with E-state index in [9.17, 15) is 0 Å². The van der Waals surface area contributed by atoms with Gasteiger partial charge in [0, 0.05) is 0 Å². The molecule has 1 unspecified atom stereocenters. The Kier molecular flexibility index (Phi) is 3.47. The quantitative estimate of drug-likeness (QED) is 0.484. The molecule has 0 saturated carbocycles. The molecule has 0 radical (unpaired) electrons. The van der Waals surface area contributed by atoms with Crippen molar-refractivity contribution in [2.75, 3.05) is 6.61 Å². The molecule has 3 heteroatoms. The average molecular weight is 178 g/mol. The van der Waals surface area contributed by atoms with E-state index in [0.717, 1.165) is 0 Å². The van der Waals surface area contributed by atoms with Gasteiger partial charge in [-0.2, -0.15) is 0 Å². The maximum atomic E-state index is 8.20. The van der Waals surface area contributed by atoms with Crippen molar-refractivity contribution in [1.29, 1.82) is 0 Å². The molecule has 0 bridgehead atoms. The third-order valence-corrected chi connectivity index (χ3v) is 1.31. The zero-order valence-corrected chi connectivity index (χ0v) is 8.89. The van der Waals surface area contributed by atoms with E-state index in [-0.39, 0.29) is 34.8 Å². The summed E-state index contributed by atoms with van der Waals surface area (Å²) in [5.41, 5.74) is 0. The number of aliphatic hydroxyl groups excluding tert-OH is 2. The molecular formula is C2H7InO2. The monoisotopic (exact) mass is 178 g/mol. The first-order chi connectivity index (χ1) is 2.27. The average Bonchev–Trinajstić information content (AvgIpc) is 1.38. The molecule has 0 rings (SSSR count). The van der Waals surface area contributed by atoms with Crippen molar-refractivity contribution in [2.24, 2.45) is 0 Å². The fraction of sp³-hybridized carbons (Fsp3) is 1.00. The molecule has 0 aliphatic heterocycles. The first-order valence-corrected chi connectivity index (χ1v) is 4.86. The Morgan fingerprint density at radius 1 is 1.80 bits per heavy atom. The van der Waals surface area contributed by atoms with Crippen molar-refractivity contribution >= 4 is 24.4 Å². The van der Waals surface area contributed by atoms with Crippen molar-refractivity contribution in [3.05, 3.63) is 0 Å². The molecular weight excluding hydrogens is 171 g/mol. The first kappa shape index (κ1) is 5.79. The molecule has 0 spiro atoms. The third kappa shape index (κ3) is 4.79. The number of hydrogen-bond donors (Lipinski definition) is 2. The fourth-order valence-corrected chi connectivity index (χ4v) is 0. The van der Waals surface area contributed by atoms with Crippen LogP contribution in [0.4, 0.5) is 0 Å². The standard InChI is InChI=1S/C2H5O2.In.2H/c3-1-2-4;;;/h1,3-4H,2H2;;;. The summed E-state index contributed by atoms with van der Waals surface area (Å²) >= 11 is 0.239. The molecule has 30 valence electrons. The predicted octanol–water partition coefficient (Wildman–Crippen LogP) is -2.07. The maximum absolute atomic E-state index is 8.20. The van der Waals surface area contributed by atoms with Gasteiger partial charge >= 0.3 is 45.1 Å². The molecule has 0 aliphatic carbocycles. The Hall–Kier alpha value is 0.790. The third-order valence-electron chi connectivity index (χ3n) is 0.264. The molecule has 2 nitrogen and oxygen atoms in total. The molecule has 0 fully saturated rings. The molecule has 0 aromatic heterocycles. The van der Waals surface area contributed by atoms with Crippen LogP contribution in [0.2, 0.25) is 0 Å². The molecule has 0 saturated heterocycles. The van der Waals surface area contributed by atoms with Gasteiger partial charge in [-0.05, 0) is 0 Å². The zero-order chi connectivity index (χ0) is 4.28. The predicted molar refractivity (Wildman–Crippen MR) is 21.6 cm³/mol. The van der Waals surface area contributed by atoms with Crippen LogP contribution in [0.1, 0.15) is 0 Å². The van der Waals surface area contributed by atoms with Crippen LogP contribution >= 0.6 is 0 Å². The number of rotatable bonds is 1. The fourth-order valence-electron chi connectivity index (χ4n) is 0. The van der Waals surface area contributed by atoms with Crippen LogP contribution in [0.25, 0.3) is 0 Å². The molecule has 0 aliphatic rings. The van der Waals surface area contributed by atoms with Crippen LogP contribution < -0.4 is 0 Å². The van der Waals surface area contributed by atoms with Crippen molar-refractivity contribution in [1.82, 2.24) is 0 Å². The van der Waals surface area contributed by atoms with Crippen LogP contribution in [0, 0.1) is 0 Å². The summed E-state index contributed by atoms with van der Waals surface area (Å²) in [6, 6.07) is 0. The molecule has 0 heterocycles. The zero-order valence-electron chi connectivity index (χ0n) is 3.18. The van der Waals surface area contributed by atoms with Gasteiger partial charge in [0.05, 0.1) is 0 Å². The van der Waals surface area contributed by atoms with E-state index in [1.54, 1.807) is 0 Å². The van der Waals surface area contributed by atoms with Crippen molar-refractivity contribution in [3.63, 3.8) is 0 Å². The van der Waals surface area contributed by atoms with Gasteiger partial charge in [-0.3, -0.25) is 0 Å². The van der Waals surface area contributed by atoms with E-state index >= 15 is 0 Å². The van der Waals surface area contributed by atoms with E-state index in [1.165, 1.54) is 0 Å². The van der Waals surface area contributed by atoms with Crippen molar-refractivity contribution < 1.29 is 10.2 Å². The second kappa shape index (κ2) is 3.00. The Morgan fingerprint density at radius 2 is 2.00 bits per heavy atom. The minimum absolute atomic E-state index is 0.0456. The summed E-state index contributed by atoms with van der Waals surface area (Å²) in [6.07, 6.45) is 0. The van der Waals surface area contributed by atoms with Crippen molar-refractivity contribution in [3.8, 4) is 0 Å². The van der Waals surface area contributed by atoms with Gasteiger partial charge in [0.2, 0.25) is 0 Å². The number of aliphatic hydroxyl groups is 2. The Morgan fingerprint density at radius 3 is 2.00 bits per heavy atom. The Balaban J connectivity index is 2.54. The SMILES string of the molecule is OC[CH](O)[InH2]. The number of hydrogen-bond acceptors (Lipinski definition) is 2.